The van der Waals surface area contributed by atoms with Crippen LogP contribution in [0.3, 0.4) is 0 Å². The predicted molar refractivity (Wildman–Crippen MR) is 132 cm³/mol. The SMILES string of the molecule is COc1cccc(-c2nc(SCc3cccc(NC(=O)NC4CCCC4)c3)[nH]c(=O)c2C#N)c1. The van der Waals surface area contributed by atoms with Crippen molar-refractivity contribution in [3.63, 3.8) is 0 Å². The molecule has 2 amide bonds. The molecular formula is C25H25N5O3S. The van der Waals surface area contributed by atoms with E-state index >= 15 is 0 Å². The van der Waals surface area contributed by atoms with E-state index < -0.39 is 5.56 Å². The minimum Gasteiger partial charge on any atom is -0.497 e. The maximum atomic E-state index is 12.5. The summed E-state index contributed by atoms with van der Waals surface area (Å²) in [5, 5.41) is 15.8. The van der Waals surface area contributed by atoms with Gasteiger partial charge < -0.3 is 20.4 Å². The summed E-state index contributed by atoms with van der Waals surface area (Å²) in [5.74, 6) is 1.13. The van der Waals surface area contributed by atoms with Crippen molar-refractivity contribution in [3.8, 4) is 23.1 Å². The number of benzene rings is 2. The van der Waals surface area contributed by atoms with Crippen molar-refractivity contribution in [2.24, 2.45) is 0 Å². The summed E-state index contributed by atoms with van der Waals surface area (Å²) in [7, 11) is 1.55. The van der Waals surface area contributed by atoms with Gasteiger partial charge in [0.25, 0.3) is 5.56 Å². The van der Waals surface area contributed by atoms with Crippen molar-refractivity contribution in [3.05, 3.63) is 70.0 Å². The fraction of sp³-hybridized carbons (Fsp3) is 0.280. The summed E-state index contributed by atoms with van der Waals surface area (Å²) >= 11 is 1.34. The molecule has 34 heavy (non-hydrogen) atoms. The number of carbonyl (C=O) groups is 1. The van der Waals surface area contributed by atoms with Crippen LogP contribution in [-0.4, -0.2) is 29.2 Å². The Morgan fingerprint density at radius 3 is 2.79 bits per heavy atom. The zero-order valence-corrected chi connectivity index (χ0v) is 19.6. The molecule has 1 aliphatic carbocycles. The van der Waals surface area contributed by atoms with E-state index in [2.05, 4.69) is 20.6 Å². The lowest BCUT2D eigenvalue weighted by atomic mass is 10.1. The molecule has 174 valence electrons. The number of hydrogen-bond acceptors (Lipinski definition) is 6. The maximum Gasteiger partial charge on any atom is 0.319 e. The summed E-state index contributed by atoms with van der Waals surface area (Å²) in [4.78, 5) is 32.0. The van der Waals surface area contributed by atoms with Gasteiger partial charge in [-0.15, -0.1) is 0 Å². The molecule has 1 aliphatic rings. The lowest BCUT2D eigenvalue weighted by Crippen LogP contribution is -2.36. The third-order valence-corrected chi connectivity index (χ3v) is 6.55. The van der Waals surface area contributed by atoms with Crippen LogP contribution in [0, 0.1) is 11.3 Å². The molecule has 1 fully saturated rings. The van der Waals surface area contributed by atoms with Gasteiger partial charge in [-0.1, -0.05) is 48.9 Å². The van der Waals surface area contributed by atoms with Crippen molar-refractivity contribution in [2.75, 3.05) is 12.4 Å². The van der Waals surface area contributed by atoms with Crippen LogP contribution < -0.4 is 20.9 Å². The van der Waals surface area contributed by atoms with Gasteiger partial charge in [-0.25, -0.2) is 9.78 Å². The highest BCUT2D eigenvalue weighted by Crippen LogP contribution is 2.27. The maximum absolute atomic E-state index is 12.5. The normalized spacial score (nSPS) is 13.3. The Balaban J connectivity index is 1.47. The number of nitriles is 1. The fourth-order valence-corrected chi connectivity index (χ4v) is 4.72. The highest BCUT2D eigenvalue weighted by molar-refractivity contribution is 7.98. The van der Waals surface area contributed by atoms with E-state index in [4.69, 9.17) is 4.74 Å². The lowest BCUT2D eigenvalue weighted by molar-refractivity contribution is 0.248. The molecule has 3 N–H and O–H groups in total. The van der Waals surface area contributed by atoms with Crippen molar-refractivity contribution < 1.29 is 9.53 Å². The molecule has 0 radical (unpaired) electrons. The predicted octanol–water partition coefficient (Wildman–Crippen LogP) is 4.67. The molecule has 9 heteroatoms. The summed E-state index contributed by atoms with van der Waals surface area (Å²) in [6.45, 7) is 0. The van der Waals surface area contributed by atoms with E-state index in [0.29, 0.717) is 33.6 Å². The second-order valence-electron chi connectivity index (χ2n) is 8.01. The number of aromatic amines is 1. The summed E-state index contributed by atoms with van der Waals surface area (Å²) < 4.78 is 5.25. The first-order chi connectivity index (χ1) is 16.6. The van der Waals surface area contributed by atoms with Crippen LogP contribution in [0.2, 0.25) is 0 Å². The molecule has 8 nitrogen and oxygen atoms in total. The number of hydrogen-bond donors (Lipinski definition) is 3. The Labute approximate surface area is 201 Å². The zero-order valence-electron chi connectivity index (χ0n) is 18.8. The summed E-state index contributed by atoms with van der Waals surface area (Å²) in [6, 6.07) is 16.6. The van der Waals surface area contributed by atoms with Crippen LogP contribution in [-0.2, 0) is 5.75 Å². The number of aromatic nitrogens is 2. The molecule has 2 aromatic carbocycles. The van der Waals surface area contributed by atoms with Gasteiger partial charge in [0.2, 0.25) is 0 Å². The number of urea groups is 1. The molecule has 0 saturated heterocycles. The third kappa shape index (κ3) is 5.77. The number of nitrogens with one attached hydrogen (secondary N) is 3. The van der Waals surface area contributed by atoms with Gasteiger partial charge in [0, 0.05) is 23.0 Å². The molecule has 0 aliphatic heterocycles. The van der Waals surface area contributed by atoms with Crippen molar-refractivity contribution >= 4 is 23.5 Å². The highest BCUT2D eigenvalue weighted by atomic mass is 32.2. The molecule has 4 rings (SSSR count). The number of methoxy groups -OCH3 is 1. The Hall–Kier alpha value is -3.77. The van der Waals surface area contributed by atoms with E-state index in [0.717, 1.165) is 31.2 Å². The smallest absolute Gasteiger partial charge is 0.319 e. The van der Waals surface area contributed by atoms with Gasteiger partial charge in [0.15, 0.2) is 5.16 Å². The Bertz CT molecular complexity index is 1280. The van der Waals surface area contributed by atoms with Crippen molar-refractivity contribution in [1.82, 2.24) is 15.3 Å². The van der Waals surface area contributed by atoms with E-state index in [1.165, 1.54) is 11.8 Å². The van der Waals surface area contributed by atoms with Crippen LogP contribution in [0.25, 0.3) is 11.3 Å². The van der Waals surface area contributed by atoms with E-state index in [-0.39, 0.29) is 17.6 Å². The van der Waals surface area contributed by atoms with Crippen molar-refractivity contribution in [2.45, 2.75) is 42.6 Å². The van der Waals surface area contributed by atoms with Gasteiger partial charge in [-0.2, -0.15) is 5.26 Å². The largest absolute Gasteiger partial charge is 0.497 e. The number of ether oxygens (including phenoxy) is 1. The van der Waals surface area contributed by atoms with Crippen LogP contribution in [0.4, 0.5) is 10.5 Å². The third-order valence-electron chi connectivity index (χ3n) is 5.60. The average Bonchev–Trinajstić information content (AvgIpc) is 3.35. The highest BCUT2D eigenvalue weighted by Gasteiger charge is 2.17. The number of nitrogens with zero attached hydrogens (tertiary/aromatic N) is 2. The molecule has 1 aromatic heterocycles. The molecule has 1 saturated carbocycles. The number of thioether (sulfide) groups is 1. The topological polar surface area (TPSA) is 120 Å². The fourth-order valence-electron chi connectivity index (χ4n) is 3.92. The number of rotatable bonds is 7. The molecular weight excluding hydrogens is 450 g/mol. The van der Waals surface area contributed by atoms with Gasteiger partial charge in [0.1, 0.15) is 17.4 Å². The first-order valence-electron chi connectivity index (χ1n) is 11.0. The Morgan fingerprint density at radius 1 is 1.24 bits per heavy atom. The number of H-pyrrole nitrogens is 1. The molecule has 0 atom stereocenters. The van der Waals surface area contributed by atoms with Gasteiger partial charge in [-0.3, -0.25) is 4.79 Å². The molecule has 0 bridgehead atoms. The number of anilines is 1. The molecule has 3 aromatic rings. The number of amides is 2. The monoisotopic (exact) mass is 475 g/mol. The van der Waals surface area contributed by atoms with Crippen LogP contribution >= 0.6 is 11.8 Å². The minimum atomic E-state index is -0.489. The lowest BCUT2D eigenvalue weighted by Gasteiger charge is -2.13. The number of carbonyl (C=O) groups excluding carboxylic acids is 1. The molecule has 0 spiro atoms. The summed E-state index contributed by atoms with van der Waals surface area (Å²) in [5.41, 5.74) is 2.06. The Kier molecular flexibility index (Phi) is 7.50. The second-order valence-corrected chi connectivity index (χ2v) is 8.97. The second kappa shape index (κ2) is 10.9. The van der Waals surface area contributed by atoms with Gasteiger partial charge in [0.05, 0.1) is 12.8 Å². The first-order valence-corrected chi connectivity index (χ1v) is 12.0. The van der Waals surface area contributed by atoms with Crippen LogP contribution in [0.1, 0.15) is 36.8 Å². The Morgan fingerprint density at radius 2 is 2.03 bits per heavy atom. The van der Waals surface area contributed by atoms with E-state index in [9.17, 15) is 14.9 Å². The quantitative estimate of drug-likeness (QED) is 0.337. The minimum absolute atomic E-state index is 0.0444. The van der Waals surface area contributed by atoms with E-state index in [1.807, 2.05) is 30.3 Å². The first kappa shape index (κ1) is 23.4. The molecule has 0 unspecified atom stereocenters. The van der Waals surface area contributed by atoms with Crippen LogP contribution in [0.15, 0.2) is 58.5 Å². The van der Waals surface area contributed by atoms with Gasteiger partial charge in [-0.05, 0) is 42.7 Å². The standard InChI is InChI=1S/C25H25N5O3S/c1-33-20-11-5-7-17(13-20)22-21(14-26)23(31)30-25(29-22)34-15-16-6-4-10-19(12-16)28-24(32)27-18-8-2-3-9-18/h4-7,10-13,18H,2-3,8-9,15H2,1H3,(H2,27,28,32)(H,29,30,31). The van der Waals surface area contributed by atoms with E-state index in [1.54, 1.807) is 31.4 Å². The average molecular weight is 476 g/mol. The van der Waals surface area contributed by atoms with Crippen molar-refractivity contribution in [1.29, 1.82) is 5.26 Å². The summed E-state index contributed by atoms with van der Waals surface area (Å²) in [6.07, 6.45) is 4.36. The molecule has 1 heterocycles. The van der Waals surface area contributed by atoms with Crippen LogP contribution in [0.5, 0.6) is 5.75 Å². The zero-order chi connectivity index (χ0) is 23.9. The van der Waals surface area contributed by atoms with Gasteiger partial charge >= 0.3 is 6.03 Å².